The lowest BCUT2D eigenvalue weighted by atomic mass is 9.97. The van der Waals surface area contributed by atoms with Crippen molar-refractivity contribution in [2.24, 2.45) is 11.8 Å². The van der Waals surface area contributed by atoms with E-state index in [4.69, 9.17) is 0 Å². The van der Waals surface area contributed by atoms with E-state index in [0.29, 0.717) is 25.2 Å². The number of carbonyl (C=O) groups excluding carboxylic acids is 2. The highest BCUT2D eigenvalue weighted by Crippen LogP contribution is 2.24. The van der Waals surface area contributed by atoms with E-state index in [1.807, 2.05) is 70.3 Å². The first-order chi connectivity index (χ1) is 23.2. The SMILES string of the molecule is Cc1nc(CN2CCN([C@H](C(=O)N[C@@H](Cc3ccccc3)[C@H](O)CN(CC(C)C)S(=O)(=O)c3ccc(C(O)CO)cc3)C(C)C)C2=O)cs1. The number of aryl methyl sites for hydroxylation is 1. The molecule has 0 aliphatic carbocycles. The summed E-state index contributed by atoms with van der Waals surface area (Å²) in [4.78, 5) is 35.3. The van der Waals surface area contributed by atoms with Gasteiger partial charge in [0.15, 0.2) is 0 Å². The minimum Gasteiger partial charge on any atom is -0.393 e. The molecule has 1 aliphatic heterocycles. The Morgan fingerprint density at radius 1 is 1.02 bits per heavy atom. The number of nitrogens with one attached hydrogen (secondary N) is 1. The first kappa shape index (κ1) is 38.4. The van der Waals surface area contributed by atoms with Crippen LogP contribution in [0.1, 0.15) is 55.6 Å². The summed E-state index contributed by atoms with van der Waals surface area (Å²) >= 11 is 1.52. The molecule has 1 saturated heterocycles. The Balaban J connectivity index is 1.57. The van der Waals surface area contributed by atoms with Gasteiger partial charge in [-0.1, -0.05) is 70.2 Å². The summed E-state index contributed by atoms with van der Waals surface area (Å²) in [5.41, 5.74) is 2.01. The van der Waals surface area contributed by atoms with Crippen molar-refractivity contribution >= 4 is 33.3 Å². The lowest BCUT2D eigenvalue weighted by Crippen LogP contribution is -2.57. The Morgan fingerprint density at radius 2 is 1.69 bits per heavy atom. The van der Waals surface area contributed by atoms with Crippen LogP contribution in [0, 0.1) is 18.8 Å². The summed E-state index contributed by atoms with van der Waals surface area (Å²) in [6, 6.07) is 13.0. The minimum atomic E-state index is -4.10. The number of urea groups is 1. The molecule has 0 saturated carbocycles. The molecule has 3 aromatic rings. The molecule has 1 aromatic heterocycles. The molecule has 4 N–H and O–H groups in total. The molecule has 1 fully saturated rings. The van der Waals surface area contributed by atoms with Gasteiger partial charge in [0.05, 0.1) is 40.9 Å². The van der Waals surface area contributed by atoms with E-state index in [9.17, 15) is 33.3 Å². The van der Waals surface area contributed by atoms with Crippen molar-refractivity contribution in [2.45, 2.75) is 76.8 Å². The number of hydrogen-bond acceptors (Lipinski definition) is 9. The molecule has 2 aromatic carbocycles. The van der Waals surface area contributed by atoms with Gasteiger partial charge >= 0.3 is 6.03 Å². The summed E-state index contributed by atoms with van der Waals surface area (Å²) in [6.07, 6.45) is -2.21. The van der Waals surface area contributed by atoms with Crippen molar-refractivity contribution < 1.29 is 33.3 Å². The van der Waals surface area contributed by atoms with Gasteiger partial charge in [-0.15, -0.1) is 11.3 Å². The first-order valence-electron chi connectivity index (χ1n) is 16.6. The molecule has 0 spiro atoms. The Hall–Kier alpha value is -3.40. The fourth-order valence-electron chi connectivity index (χ4n) is 6.04. The average Bonchev–Trinajstić information content (AvgIpc) is 3.64. The molecule has 14 heteroatoms. The Kier molecular flexibility index (Phi) is 13.3. The van der Waals surface area contributed by atoms with E-state index < -0.39 is 46.8 Å². The summed E-state index contributed by atoms with van der Waals surface area (Å²) < 4.78 is 29.0. The van der Waals surface area contributed by atoms with Gasteiger partial charge in [0, 0.05) is 31.6 Å². The maximum absolute atomic E-state index is 14.1. The number of aromatic nitrogens is 1. The molecule has 1 aliphatic rings. The van der Waals surface area contributed by atoms with Crippen molar-refractivity contribution in [2.75, 3.05) is 32.8 Å². The van der Waals surface area contributed by atoms with Gasteiger partial charge in [-0.2, -0.15) is 4.31 Å². The molecule has 12 nitrogen and oxygen atoms in total. The second-order valence-electron chi connectivity index (χ2n) is 13.3. The van der Waals surface area contributed by atoms with Gasteiger partial charge in [-0.05, 0) is 48.4 Å². The summed E-state index contributed by atoms with van der Waals surface area (Å²) in [6.45, 7) is 9.87. The molecule has 4 atom stereocenters. The number of benzene rings is 2. The van der Waals surface area contributed by atoms with Gasteiger partial charge in [-0.3, -0.25) is 4.79 Å². The van der Waals surface area contributed by atoms with E-state index >= 15 is 0 Å². The lowest BCUT2D eigenvalue weighted by molar-refractivity contribution is -0.128. The van der Waals surface area contributed by atoms with E-state index in [0.717, 1.165) is 16.3 Å². The molecule has 268 valence electrons. The number of aliphatic hydroxyl groups excluding tert-OH is 3. The molecule has 1 unspecified atom stereocenters. The van der Waals surface area contributed by atoms with Gasteiger partial charge in [0.2, 0.25) is 15.9 Å². The molecule has 0 bridgehead atoms. The minimum absolute atomic E-state index is 0.0253. The van der Waals surface area contributed by atoms with E-state index in [1.54, 1.807) is 9.80 Å². The lowest BCUT2D eigenvalue weighted by Gasteiger charge is -2.34. The van der Waals surface area contributed by atoms with Crippen molar-refractivity contribution in [3.63, 3.8) is 0 Å². The van der Waals surface area contributed by atoms with Crippen LogP contribution in [0.5, 0.6) is 0 Å². The molecule has 4 rings (SSSR count). The highest BCUT2D eigenvalue weighted by Gasteiger charge is 2.40. The predicted octanol–water partition coefficient (Wildman–Crippen LogP) is 3.17. The van der Waals surface area contributed by atoms with Gasteiger partial charge < -0.3 is 30.4 Å². The molecular weight excluding hydrogens is 667 g/mol. The predicted molar refractivity (Wildman–Crippen MR) is 188 cm³/mol. The molecule has 0 radical (unpaired) electrons. The van der Waals surface area contributed by atoms with Crippen molar-refractivity contribution in [1.29, 1.82) is 0 Å². The van der Waals surface area contributed by atoms with Crippen molar-refractivity contribution in [1.82, 2.24) is 24.4 Å². The smallest absolute Gasteiger partial charge is 0.321 e. The number of thiazole rings is 1. The van der Waals surface area contributed by atoms with Gasteiger partial charge in [0.1, 0.15) is 12.1 Å². The van der Waals surface area contributed by atoms with Crippen LogP contribution in [0.3, 0.4) is 0 Å². The van der Waals surface area contributed by atoms with Crippen LogP contribution in [0.25, 0.3) is 0 Å². The Bertz CT molecular complexity index is 1630. The zero-order chi connectivity index (χ0) is 35.9. The quantitative estimate of drug-likeness (QED) is 0.166. The second-order valence-corrected chi connectivity index (χ2v) is 16.3. The Morgan fingerprint density at radius 3 is 2.27 bits per heavy atom. The summed E-state index contributed by atoms with van der Waals surface area (Å²) in [5, 5.41) is 36.8. The number of amides is 3. The summed E-state index contributed by atoms with van der Waals surface area (Å²) in [5.74, 6) is -0.752. The number of nitrogens with zero attached hydrogens (tertiary/aromatic N) is 4. The van der Waals surface area contributed by atoms with Crippen LogP contribution < -0.4 is 5.32 Å². The zero-order valence-corrected chi connectivity index (χ0v) is 30.4. The number of rotatable bonds is 17. The average molecular weight is 716 g/mol. The van der Waals surface area contributed by atoms with Crippen LogP contribution in [0.4, 0.5) is 4.79 Å². The first-order valence-corrected chi connectivity index (χ1v) is 18.9. The van der Waals surface area contributed by atoms with Crippen LogP contribution in [0.2, 0.25) is 0 Å². The third-order valence-corrected chi connectivity index (χ3v) is 11.2. The van der Waals surface area contributed by atoms with E-state index in [2.05, 4.69) is 10.3 Å². The highest BCUT2D eigenvalue weighted by atomic mass is 32.2. The van der Waals surface area contributed by atoms with E-state index in [1.165, 1.54) is 39.9 Å². The van der Waals surface area contributed by atoms with Crippen LogP contribution in [0.15, 0.2) is 64.9 Å². The van der Waals surface area contributed by atoms with Crippen LogP contribution in [-0.2, 0) is 27.8 Å². The van der Waals surface area contributed by atoms with Gasteiger partial charge in [0.25, 0.3) is 0 Å². The molecule has 2 heterocycles. The summed E-state index contributed by atoms with van der Waals surface area (Å²) in [7, 11) is -4.10. The monoisotopic (exact) mass is 715 g/mol. The third-order valence-electron chi connectivity index (χ3n) is 8.51. The van der Waals surface area contributed by atoms with Crippen molar-refractivity contribution in [3.05, 3.63) is 81.8 Å². The molecule has 49 heavy (non-hydrogen) atoms. The fraction of sp³-hybridized carbons (Fsp3) is 0.514. The number of aliphatic hydroxyl groups is 3. The topological polar surface area (TPSA) is 164 Å². The number of sulfonamides is 1. The van der Waals surface area contributed by atoms with Crippen LogP contribution in [-0.4, -0.2) is 106 Å². The number of carbonyl (C=O) groups is 2. The third kappa shape index (κ3) is 9.86. The van der Waals surface area contributed by atoms with E-state index in [-0.39, 0.29) is 42.3 Å². The van der Waals surface area contributed by atoms with Crippen molar-refractivity contribution in [3.8, 4) is 0 Å². The van der Waals surface area contributed by atoms with Gasteiger partial charge in [-0.25, -0.2) is 18.2 Å². The second kappa shape index (κ2) is 17.0. The normalized spacial score (nSPS) is 16.4. The largest absolute Gasteiger partial charge is 0.393 e. The maximum atomic E-state index is 14.1. The van der Waals surface area contributed by atoms with Crippen LogP contribution >= 0.6 is 11.3 Å². The number of hydrogen-bond donors (Lipinski definition) is 4. The maximum Gasteiger partial charge on any atom is 0.321 e. The fourth-order valence-corrected chi connectivity index (χ4v) is 8.26. The molecular formula is C35H49N5O7S2. The highest BCUT2D eigenvalue weighted by molar-refractivity contribution is 7.89. The standard InChI is InChI=1S/C35H49N5O7S2/c1-23(2)18-39(49(46,47)29-13-11-27(12-14-29)32(43)21-41)20-31(42)30(17-26-9-7-6-8-10-26)37-34(44)33(24(3)4)40-16-15-38(35(40)45)19-28-22-48-25(5)36-28/h6-14,22-24,30-33,41-43H,15-21H2,1-5H3,(H,37,44)/t30-,31+,32?,33-/m0/s1. The molecule has 3 amide bonds. The zero-order valence-electron chi connectivity index (χ0n) is 28.8. The Labute approximate surface area is 293 Å².